The summed E-state index contributed by atoms with van der Waals surface area (Å²) in [6, 6.07) is 22.0. The van der Waals surface area contributed by atoms with Gasteiger partial charge in [0.2, 0.25) is 5.82 Å². The van der Waals surface area contributed by atoms with E-state index in [-0.39, 0.29) is 5.91 Å². The molecule has 144 valence electrons. The van der Waals surface area contributed by atoms with Crippen molar-refractivity contribution in [1.82, 2.24) is 20.1 Å². The maximum absolute atomic E-state index is 13.0. The number of fused-ring (bicyclic) bond motifs is 1. The Labute approximate surface area is 171 Å². The molecule has 1 amide bonds. The fraction of sp³-hybridized carbons (Fsp3) is 0. The molecular formula is C23H15N5O2. The van der Waals surface area contributed by atoms with Gasteiger partial charge in [-0.25, -0.2) is 0 Å². The summed E-state index contributed by atoms with van der Waals surface area (Å²) in [7, 11) is 0. The lowest BCUT2D eigenvalue weighted by atomic mass is 10.1. The van der Waals surface area contributed by atoms with Gasteiger partial charge in [0, 0.05) is 17.8 Å². The molecule has 0 saturated carbocycles. The van der Waals surface area contributed by atoms with Gasteiger partial charge in [0.25, 0.3) is 11.8 Å². The molecule has 0 aliphatic heterocycles. The van der Waals surface area contributed by atoms with Crippen LogP contribution in [0.15, 0.2) is 89.7 Å². The lowest BCUT2D eigenvalue weighted by molar-refractivity contribution is 0.102. The van der Waals surface area contributed by atoms with Crippen molar-refractivity contribution in [2.24, 2.45) is 0 Å². The molecule has 0 radical (unpaired) electrons. The molecule has 1 N–H and O–H groups in total. The first kappa shape index (κ1) is 17.7. The molecule has 0 aliphatic rings. The summed E-state index contributed by atoms with van der Waals surface area (Å²) >= 11 is 0. The van der Waals surface area contributed by atoms with Gasteiger partial charge in [0.05, 0.1) is 22.3 Å². The van der Waals surface area contributed by atoms with E-state index < -0.39 is 0 Å². The van der Waals surface area contributed by atoms with Crippen LogP contribution in [0.5, 0.6) is 0 Å². The zero-order valence-electron chi connectivity index (χ0n) is 15.7. The number of aromatic nitrogens is 4. The number of anilines is 1. The van der Waals surface area contributed by atoms with E-state index in [4.69, 9.17) is 4.52 Å². The molecule has 5 aromatic rings. The number of hydrogen-bond acceptors (Lipinski definition) is 6. The number of pyridine rings is 2. The number of rotatable bonds is 4. The number of para-hydroxylation sites is 2. The maximum atomic E-state index is 13.0. The van der Waals surface area contributed by atoms with E-state index in [1.165, 1.54) is 0 Å². The van der Waals surface area contributed by atoms with Crippen LogP contribution < -0.4 is 5.32 Å². The van der Waals surface area contributed by atoms with Gasteiger partial charge in [-0.3, -0.25) is 14.8 Å². The highest BCUT2D eigenvalue weighted by molar-refractivity contribution is 6.12. The van der Waals surface area contributed by atoms with E-state index in [0.29, 0.717) is 39.7 Å². The molecule has 3 aromatic heterocycles. The Morgan fingerprint density at radius 2 is 1.67 bits per heavy atom. The number of nitrogens with zero attached hydrogens (tertiary/aromatic N) is 4. The molecular weight excluding hydrogens is 378 g/mol. The van der Waals surface area contributed by atoms with Gasteiger partial charge in [-0.15, -0.1) is 0 Å². The molecule has 2 aromatic carbocycles. The molecule has 3 heterocycles. The highest BCUT2D eigenvalue weighted by Gasteiger charge is 2.17. The monoisotopic (exact) mass is 393 g/mol. The molecule has 5 rings (SSSR count). The minimum Gasteiger partial charge on any atom is -0.333 e. The average Bonchev–Trinajstić information content (AvgIpc) is 3.30. The summed E-state index contributed by atoms with van der Waals surface area (Å²) in [5.74, 6) is 0.406. The predicted molar refractivity (Wildman–Crippen MR) is 113 cm³/mol. The first-order valence-electron chi connectivity index (χ1n) is 9.29. The lowest BCUT2D eigenvalue weighted by Gasteiger charge is -2.10. The van der Waals surface area contributed by atoms with E-state index in [1.807, 2.05) is 54.6 Å². The molecule has 0 aliphatic carbocycles. The third kappa shape index (κ3) is 3.29. The van der Waals surface area contributed by atoms with Gasteiger partial charge in [-0.1, -0.05) is 41.6 Å². The normalized spacial score (nSPS) is 10.8. The fourth-order valence-electron chi connectivity index (χ4n) is 3.19. The second-order valence-electron chi connectivity index (χ2n) is 6.52. The molecule has 30 heavy (non-hydrogen) atoms. The second kappa shape index (κ2) is 7.56. The number of carbonyl (C=O) groups is 1. The minimum atomic E-state index is -0.267. The second-order valence-corrected chi connectivity index (χ2v) is 6.52. The predicted octanol–water partition coefficient (Wildman–Crippen LogP) is 4.60. The standard InChI is InChI=1S/C23H15N5O2/c29-22(17-10-5-7-15-8-6-14-25-20(15)17)26-18-11-2-1-9-16(18)23-27-21(28-30-23)19-12-3-4-13-24-19/h1-14H,(H,26,29). The van der Waals surface area contributed by atoms with Crippen LogP contribution in [0, 0.1) is 0 Å². The van der Waals surface area contributed by atoms with Crippen LogP contribution in [0.1, 0.15) is 10.4 Å². The molecule has 0 saturated heterocycles. The average molecular weight is 393 g/mol. The highest BCUT2D eigenvalue weighted by Crippen LogP contribution is 2.29. The van der Waals surface area contributed by atoms with Crippen LogP contribution in [0.4, 0.5) is 5.69 Å². The van der Waals surface area contributed by atoms with E-state index in [1.54, 1.807) is 30.6 Å². The molecule has 7 nitrogen and oxygen atoms in total. The molecule has 0 atom stereocenters. The topological polar surface area (TPSA) is 93.8 Å². The molecule has 7 heteroatoms. The third-order valence-electron chi connectivity index (χ3n) is 4.60. The van der Waals surface area contributed by atoms with Crippen molar-refractivity contribution in [1.29, 1.82) is 0 Å². The van der Waals surface area contributed by atoms with Crippen molar-refractivity contribution >= 4 is 22.5 Å². The van der Waals surface area contributed by atoms with Crippen molar-refractivity contribution in [3.05, 3.63) is 90.8 Å². The first-order chi connectivity index (χ1) is 14.8. The van der Waals surface area contributed by atoms with Crippen molar-refractivity contribution in [3.63, 3.8) is 0 Å². The van der Waals surface area contributed by atoms with Gasteiger partial charge < -0.3 is 9.84 Å². The van der Waals surface area contributed by atoms with Gasteiger partial charge >= 0.3 is 0 Å². The maximum Gasteiger partial charge on any atom is 0.260 e. The summed E-state index contributed by atoms with van der Waals surface area (Å²) in [4.78, 5) is 26.0. The van der Waals surface area contributed by atoms with Crippen molar-refractivity contribution < 1.29 is 9.32 Å². The van der Waals surface area contributed by atoms with E-state index in [2.05, 4.69) is 25.4 Å². The van der Waals surface area contributed by atoms with Gasteiger partial charge in [-0.05, 0) is 36.4 Å². The van der Waals surface area contributed by atoms with Gasteiger partial charge in [0.15, 0.2) is 0 Å². The van der Waals surface area contributed by atoms with Crippen molar-refractivity contribution in [3.8, 4) is 23.0 Å². The Kier molecular flexibility index (Phi) is 4.46. The summed E-state index contributed by atoms with van der Waals surface area (Å²) < 4.78 is 5.44. The lowest BCUT2D eigenvalue weighted by Crippen LogP contribution is -2.13. The largest absolute Gasteiger partial charge is 0.333 e. The third-order valence-corrected chi connectivity index (χ3v) is 4.60. The summed E-state index contributed by atoms with van der Waals surface area (Å²) in [6.07, 6.45) is 3.34. The van der Waals surface area contributed by atoms with E-state index >= 15 is 0 Å². The quantitative estimate of drug-likeness (QED) is 0.480. The molecule has 0 spiro atoms. The van der Waals surface area contributed by atoms with E-state index in [9.17, 15) is 4.79 Å². The number of amides is 1. The summed E-state index contributed by atoms with van der Waals surface area (Å²) in [6.45, 7) is 0. The number of hydrogen-bond donors (Lipinski definition) is 1. The Bertz CT molecular complexity index is 1340. The zero-order valence-corrected chi connectivity index (χ0v) is 15.7. The minimum absolute atomic E-state index is 0.267. The Morgan fingerprint density at radius 3 is 2.57 bits per heavy atom. The SMILES string of the molecule is O=C(Nc1ccccc1-c1nc(-c2ccccn2)no1)c1cccc2cccnc12. The van der Waals surface area contributed by atoms with Gasteiger partial charge in [-0.2, -0.15) is 4.98 Å². The zero-order chi connectivity index (χ0) is 20.3. The summed E-state index contributed by atoms with van der Waals surface area (Å²) in [5.41, 5.74) is 2.92. The van der Waals surface area contributed by atoms with Crippen LogP contribution in [-0.2, 0) is 0 Å². The van der Waals surface area contributed by atoms with Crippen LogP contribution in [0.3, 0.4) is 0 Å². The number of benzene rings is 2. The molecule has 0 fully saturated rings. The Morgan fingerprint density at radius 1 is 0.833 bits per heavy atom. The molecule has 0 bridgehead atoms. The van der Waals surface area contributed by atoms with Crippen LogP contribution in [-0.4, -0.2) is 26.0 Å². The van der Waals surface area contributed by atoms with Crippen molar-refractivity contribution in [2.75, 3.05) is 5.32 Å². The van der Waals surface area contributed by atoms with Crippen LogP contribution in [0.2, 0.25) is 0 Å². The van der Waals surface area contributed by atoms with E-state index in [0.717, 1.165) is 5.39 Å². The molecule has 0 unspecified atom stereocenters. The van der Waals surface area contributed by atoms with Crippen molar-refractivity contribution in [2.45, 2.75) is 0 Å². The number of carbonyl (C=O) groups excluding carboxylic acids is 1. The van der Waals surface area contributed by atoms with Crippen LogP contribution >= 0.6 is 0 Å². The highest BCUT2D eigenvalue weighted by atomic mass is 16.5. The van der Waals surface area contributed by atoms with Gasteiger partial charge in [0.1, 0.15) is 5.69 Å². The Balaban J connectivity index is 1.49. The van der Waals surface area contributed by atoms with Crippen LogP contribution in [0.25, 0.3) is 33.9 Å². The smallest absolute Gasteiger partial charge is 0.260 e. The fourth-order valence-corrected chi connectivity index (χ4v) is 3.19. The Hall–Kier alpha value is -4.39. The first-order valence-corrected chi connectivity index (χ1v) is 9.29. The summed E-state index contributed by atoms with van der Waals surface area (Å²) in [5, 5.41) is 7.85. The number of nitrogens with one attached hydrogen (secondary N) is 1.